The smallest absolute Gasteiger partial charge is 0.339 e. The van der Waals surface area contributed by atoms with Crippen molar-refractivity contribution < 1.29 is 19.7 Å². The summed E-state index contributed by atoms with van der Waals surface area (Å²) in [5, 5.41) is 18.9. The molecule has 0 radical (unpaired) electrons. The molecule has 0 aromatic heterocycles. The molecule has 0 saturated heterocycles. The lowest BCUT2D eigenvalue weighted by molar-refractivity contribution is 0.0693. The van der Waals surface area contributed by atoms with E-state index >= 15 is 0 Å². The van der Waals surface area contributed by atoms with Crippen LogP contribution in [-0.4, -0.2) is 29.3 Å². The zero-order valence-electron chi connectivity index (χ0n) is 10.4. The Kier molecular flexibility index (Phi) is 2.94. The van der Waals surface area contributed by atoms with Crippen molar-refractivity contribution in [3.8, 4) is 11.5 Å². The highest BCUT2D eigenvalue weighted by Gasteiger charge is 2.48. The van der Waals surface area contributed by atoms with Crippen LogP contribution in [0.5, 0.6) is 11.5 Å². The Labute approximate surface area is 105 Å². The van der Waals surface area contributed by atoms with Crippen molar-refractivity contribution >= 4 is 5.97 Å². The lowest BCUT2D eigenvalue weighted by Gasteiger charge is -2.21. The number of ether oxygens (including phenoxy) is 1. The van der Waals surface area contributed by atoms with E-state index in [1.807, 2.05) is 6.92 Å². The van der Waals surface area contributed by atoms with Crippen LogP contribution in [0, 0.1) is 0 Å². The Balaban J connectivity index is 2.56. The van der Waals surface area contributed by atoms with Crippen LogP contribution in [0.1, 0.15) is 35.7 Å². The van der Waals surface area contributed by atoms with Gasteiger partial charge in [0.2, 0.25) is 0 Å². The molecule has 98 valence electrons. The molecule has 5 nitrogen and oxygen atoms in total. The normalized spacial score (nSPS) is 18.2. The van der Waals surface area contributed by atoms with Gasteiger partial charge in [-0.2, -0.15) is 0 Å². The Morgan fingerprint density at radius 2 is 2.11 bits per heavy atom. The molecule has 0 amide bonds. The van der Waals surface area contributed by atoms with Gasteiger partial charge in [0.05, 0.1) is 7.11 Å². The van der Waals surface area contributed by atoms with Gasteiger partial charge < -0.3 is 20.7 Å². The summed E-state index contributed by atoms with van der Waals surface area (Å²) in [5.74, 6) is -1.33. The quantitative estimate of drug-likeness (QED) is 0.753. The molecule has 1 aliphatic carbocycles. The maximum atomic E-state index is 11.1. The maximum absolute atomic E-state index is 11.1. The molecule has 0 heterocycles. The molecule has 1 aliphatic rings. The Hall–Kier alpha value is -1.75. The van der Waals surface area contributed by atoms with Crippen LogP contribution < -0.4 is 10.5 Å². The molecule has 2 rings (SSSR count). The van der Waals surface area contributed by atoms with Gasteiger partial charge in [0.15, 0.2) is 11.5 Å². The zero-order valence-corrected chi connectivity index (χ0v) is 10.4. The number of hydrogen-bond acceptors (Lipinski definition) is 4. The summed E-state index contributed by atoms with van der Waals surface area (Å²) in [4.78, 5) is 11.1. The Morgan fingerprint density at radius 1 is 1.50 bits per heavy atom. The summed E-state index contributed by atoms with van der Waals surface area (Å²) >= 11 is 0. The molecule has 1 saturated carbocycles. The van der Waals surface area contributed by atoms with E-state index in [9.17, 15) is 9.90 Å². The molecule has 1 atom stereocenters. The highest BCUT2D eigenvalue weighted by Crippen LogP contribution is 2.52. The maximum Gasteiger partial charge on any atom is 0.339 e. The van der Waals surface area contributed by atoms with E-state index in [0.717, 1.165) is 18.4 Å². The highest BCUT2D eigenvalue weighted by molar-refractivity contribution is 5.92. The van der Waals surface area contributed by atoms with Crippen molar-refractivity contribution in [1.82, 2.24) is 0 Å². The van der Waals surface area contributed by atoms with E-state index in [-0.39, 0.29) is 28.5 Å². The van der Waals surface area contributed by atoms with E-state index in [0.29, 0.717) is 0 Å². The summed E-state index contributed by atoms with van der Waals surface area (Å²) in [7, 11) is 1.40. The predicted octanol–water partition coefficient (Wildman–Crippen LogP) is 1.48. The fourth-order valence-electron chi connectivity index (χ4n) is 2.36. The van der Waals surface area contributed by atoms with Crippen LogP contribution >= 0.6 is 0 Å². The molecule has 1 aromatic rings. The van der Waals surface area contributed by atoms with E-state index in [4.69, 9.17) is 15.6 Å². The second kappa shape index (κ2) is 4.17. The first kappa shape index (κ1) is 12.7. The molecule has 0 aliphatic heterocycles. The van der Waals surface area contributed by atoms with Gasteiger partial charge in [0.1, 0.15) is 5.56 Å². The van der Waals surface area contributed by atoms with Crippen LogP contribution in [0.2, 0.25) is 0 Å². The number of methoxy groups -OCH3 is 1. The van der Waals surface area contributed by atoms with E-state index in [1.165, 1.54) is 13.2 Å². The molecular formula is C13H17NO4. The lowest BCUT2D eigenvalue weighted by Crippen LogP contribution is -2.31. The predicted molar refractivity (Wildman–Crippen MR) is 66.2 cm³/mol. The van der Waals surface area contributed by atoms with Crippen molar-refractivity contribution in [3.63, 3.8) is 0 Å². The summed E-state index contributed by atoms with van der Waals surface area (Å²) in [5.41, 5.74) is 6.48. The minimum Gasteiger partial charge on any atom is -0.504 e. The Bertz CT molecular complexity index is 492. The zero-order chi connectivity index (χ0) is 13.5. The van der Waals surface area contributed by atoms with Crippen LogP contribution in [0.25, 0.3) is 0 Å². The molecule has 18 heavy (non-hydrogen) atoms. The molecular weight excluding hydrogens is 234 g/mol. The van der Waals surface area contributed by atoms with Crippen LogP contribution in [-0.2, 0) is 5.41 Å². The van der Waals surface area contributed by atoms with Crippen molar-refractivity contribution in [2.24, 2.45) is 5.73 Å². The topological polar surface area (TPSA) is 92.8 Å². The van der Waals surface area contributed by atoms with Gasteiger partial charge in [-0.1, -0.05) is 0 Å². The van der Waals surface area contributed by atoms with Gasteiger partial charge in [0.25, 0.3) is 0 Å². The number of aromatic carboxylic acids is 1. The third-order valence-corrected chi connectivity index (χ3v) is 3.76. The van der Waals surface area contributed by atoms with Gasteiger partial charge in [-0.05, 0) is 37.5 Å². The van der Waals surface area contributed by atoms with Gasteiger partial charge >= 0.3 is 5.97 Å². The third kappa shape index (κ3) is 1.80. The number of carboxylic acids is 1. The van der Waals surface area contributed by atoms with Crippen LogP contribution in [0.4, 0.5) is 0 Å². The van der Waals surface area contributed by atoms with Gasteiger partial charge in [0, 0.05) is 11.5 Å². The summed E-state index contributed by atoms with van der Waals surface area (Å²) in [6.45, 7) is 1.91. The number of benzene rings is 1. The van der Waals surface area contributed by atoms with Crippen LogP contribution in [0.3, 0.4) is 0 Å². The fourth-order valence-corrected chi connectivity index (χ4v) is 2.36. The highest BCUT2D eigenvalue weighted by atomic mass is 16.5. The average molecular weight is 251 g/mol. The lowest BCUT2D eigenvalue weighted by atomic mass is 9.88. The van der Waals surface area contributed by atoms with E-state index in [1.54, 1.807) is 6.07 Å². The molecule has 5 heteroatoms. The number of phenols is 1. The van der Waals surface area contributed by atoms with Crippen molar-refractivity contribution in [1.29, 1.82) is 0 Å². The summed E-state index contributed by atoms with van der Waals surface area (Å²) < 4.78 is 5.02. The second-order valence-electron chi connectivity index (χ2n) is 4.82. The summed E-state index contributed by atoms with van der Waals surface area (Å²) in [6.07, 6.45) is 1.86. The van der Waals surface area contributed by atoms with Gasteiger partial charge in [-0.25, -0.2) is 4.79 Å². The molecule has 1 aromatic carbocycles. The number of carbonyl (C=O) groups is 1. The fraction of sp³-hybridized carbons (Fsp3) is 0.462. The van der Waals surface area contributed by atoms with Gasteiger partial charge in [-0.3, -0.25) is 0 Å². The van der Waals surface area contributed by atoms with Crippen molar-refractivity contribution in [3.05, 3.63) is 23.3 Å². The number of nitrogens with two attached hydrogens (primary N) is 1. The second-order valence-corrected chi connectivity index (χ2v) is 4.82. The molecule has 1 unspecified atom stereocenters. The van der Waals surface area contributed by atoms with Crippen LogP contribution in [0.15, 0.2) is 12.1 Å². The molecule has 1 fully saturated rings. The van der Waals surface area contributed by atoms with E-state index in [2.05, 4.69) is 0 Å². The first-order valence-electron chi connectivity index (χ1n) is 5.82. The average Bonchev–Trinajstić information content (AvgIpc) is 3.10. The molecule has 0 bridgehead atoms. The minimum atomic E-state index is -1.17. The van der Waals surface area contributed by atoms with Crippen molar-refractivity contribution in [2.45, 2.75) is 31.2 Å². The molecule has 4 N–H and O–H groups in total. The number of carboxylic acid groups (broad SMARTS) is 1. The third-order valence-electron chi connectivity index (χ3n) is 3.76. The first-order chi connectivity index (χ1) is 8.42. The Morgan fingerprint density at radius 3 is 2.50 bits per heavy atom. The molecule has 0 spiro atoms. The minimum absolute atomic E-state index is 0.0617. The van der Waals surface area contributed by atoms with Crippen molar-refractivity contribution in [2.75, 3.05) is 7.11 Å². The van der Waals surface area contributed by atoms with E-state index < -0.39 is 5.97 Å². The first-order valence-corrected chi connectivity index (χ1v) is 5.82. The standard InChI is InChI=1S/C13H17NO4/c1-7(14)13(3-4-13)8-5-9(12(16)17)11(15)10(6-8)18-2/h5-7,15H,3-4,14H2,1-2H3,(H,16,17). The monoisotopic (exact) mass is 251 g/mol. The largest absolute Gasteiger partial charge is 0.504 e. The number of rotatable bonds is 4. The van der Waals surface area contributed by atoms with Gasteiger partial charge in [-0.15, -0.1) is 0 Å². The number of aromatic hydroxyl groups is 1. The SMILES string of the molecule is COc1cc(C2(C(C)N)CC2)cc(C(=O)O)c1O. The summed E-state index contributed by atoms with van der Waals surface area (Å²) in [6, 6.07) is 3.11. The number of hydrogen-bond donors (Lipinski definition) is 3.